The number of nitrogens with one attached hydrogen (secondary N) is 1. The molecule has 12 nitrogen and oxygen atoms in total. The van der Waals surface area contributed by atoms with Crippen LogP contribution in [0.3, 0.4) is 0 Å². The second kappa shape index (κ2) is 19.1. The van der Waals surface area contributed by atoms with Crippen LogP contribution in [0.25, 0.3) is 0 Å². The number of aromatic nitrogens is 1. The van der Waals surface area contributed by atoms with E-state index in [1.807, 2.05) is 0 Å². The fourth-order valence-corrected chi connectivity index (χ4v) is 10.5. The molecule has 1 heterocycles. The maximum absolute atomic E-state index is 12.6. The zero-order valence-corrected chi connectivity index (χ0v) is 32.8. The quantitative estimate of drug-likeness (QED) is 0.0733. The Balaban J connectivity index is 0.904. The fraction of sp³-hybridized carbons (Fsp3) is 0.805. The fourth-order valence-electron chi connectivity index (χ4n) is 10.5. The number of hydrogen-bond acceptors (Lipinski definition) is 10. The number of hydrogen-bond donors (Lipinski definition) is 3. The third-order valence-corrected chi connectivity index (χ3v) is 13.2. The molecular formula is C41H66N2O10. The molecule has 0 aromatic carbocycles. The monoisotopic (exact) mass is 746 g/mol. The second-order valence-electron chi connectivity index (χ2n) is 16.9. The molecule has 0 radical (unpaired) electrons. The van der Waals surface area contributed by atoms with E-state index in [1.165, 1.54) is 69.1 Å². The number of carbonyl (C=O) groups is 2. The first kappa shape index (κ1) is 41.2. The molecule has 0 aliphatic heterocycles. The van der Waals surface area contributed by atoms with Gasteiger partial charge in [-0.05, 0) is 91.3 Å². The Morgan fingerprint density at radius 1 is 0.868 bits per heavy atom. The van der Waals surface area contributed by atoms with Crippen LogP contribution in [-0.2, 0) is 23.7 Å². The van der Waals surface area contributed by atoms with Crippen molar-refractivity contribution in [2.24, 2.45) is 46.3 Å². The van der Waals surface area contributed by atoms with Crippen molar-refractivity contribution in [3.8, 4) is 11.8 Å². The minimum atomic E-state index is -1.09. The zero-order chi connectivity index (χ0) is 38.0. The van der Waals surface area contributed by atoms with Gasteiger partial charge >= 0.3 is 12.2 Å². The van der Waals surface area contributed by atoms with Crippen LogP contribution in [0.1, 0.15) is 105 Å². The van der Waals surface area contributed by atoms with Gasteiger partial charge in [-0.3, -0.25) is 4.84 Å². The first-order valence-corrected chi connectivity index (χ1v) is 20.2. The van der Waals surface area contributed by atoms with Crippen molar-refractivity contribution in [2.75, 3.05) is 52.8 Å². The van der Waals surface area contributed by atoms with E-state index in [-0.39, 0.29) is 30.8 Å². The molecule has 1 amide bonds. The smallest absolute Gasteiger partial charge is 0.492 e. The Labute approximate surface area is 316 Å². The van der Waals surface area contributed by atoms with Crippen molar-refractivity contribution in [3.63, 3.8) is 0 Å². The van der Waals surface area contributed by atoms with E-state index in [0.29, 0.717) is 49.7 Å². The average Bonchev–Trinajstić information content (AvgIpc) is 3.64. The van der Waals surface area contributed by atoms with Gasteiger partial charge in [0.25, 0.3) is 0 Å². The molecule has 3 fully saturated rings. The van der Waals surface area contributed by atoms with Gasteiger partial charge in [-0.1, -0.05) is 65.5 Å². The molecule has 300 valence electrons. The van der Waals surface area contributed by atoms with E-state index in [4.69, 9.17) is 23.7 Å². The van der Waals surface area contributed by atoms with Crippen molar-refractivity contribution >= 4 is 12.2 Å². The number of carbonyl (C=O) groups excluding carboxylic acids is 2. The van der Waals surface area contributed by atoms with Crippen LogP contribution in [0, 0.1) is 46.3 Å². The molecule has 8 atom stereocenters. The largest absolute Gasteiger partial charge is 0.534 e. The van der Waals surface area contributed by atoms with Crippen LogP contribution < -0.4 is 10.2 Å². The topological polar surface area (TPSA) is 147 Å². The summed E-state index contributed by atoms with van der Waals surface area (Å²) < 4.78 is 27.6. The number of alkyl carbamates (subject to hydrolysis) is 1. The van der Waals surface area contributed by atoms with Crippen LogP contribution in [0.5, 0.6) is 11.8 Å². The summed E-state index contributed by atoms with van der Waals surface area (Å²) in [6.45, 7) is 14.6. The molecule has 0 bridgehead atoms. The summed E-state index contributed by atoms with van der Waals surface area (Å²) >= 11 is 0. The van der Waals surface area contributed by atoms with E-state index in [9.17, 15) is 19.8 Å². The van der Waals surface area contributed by atoms with Crippen molar-refractivity contribution in [1.29, 1.82) is 0 Å². The molecule has 3 N–H and O–H groups in total. The highest BCUT2D eigenvalue weighted by atomic mass is 16.8. The molecule has 4 aliphatic rings. The van der Waals surface area contributed by atoms with E-state index < -0.39 is 17.9 Å². The Bertz CT molecular complexity index is 1340. The number of ether oxygens (including phenoxy) is 5. The van der Waals surface area contributed by atoms with Gasteiger partial charge in [-0.2, -0.15) is 0 Å². The van der Waals surface area contributed by atoms with Gasteiger partial charge in [0.15, 0.2) is 0 Å². The first-order chi connectivity index (χ1) is 25.4. The summed E-state index contributed by atoms with van der Waals surface area (Å²) in [5.41, 5.74) is 2.26. The summed E-state index contributed by atoms with van der Waals surface area (Å²) in [6.07, 6.45) is 14.7. The van der Waals surface area contributed by atoms with Crippen LogP contribution >= 0.6 is 0 Å². The Hall–Kier alpha value is -2.96. The maximum atomic E-state index is 12.6. The molecule has 4 aliphatic carbocycles. The van der Waals surface area contributed by atoms with Crippen LogP contribution in [-0.4, -0.2) is 86.1 Å². The molecule has 0 saturated heterocycles. The normalized spacial score (nSPS) is 29.8. The van der Waals surface area contributed by atoms with E-state index in [0.717, 1.165) is 54.8 Å². The minimum Gasteiger partial charge on any atom is -0.492 e. The van der Waals surface area contributed by atoms with Crippen molar-refractivity contribution in [3.05, 3.63) is 23.8 Å². The number of rotatable bonds is 19. The lowest BCUT2D eigenvalue weighted by atomic mass is 9.47. The summed E-state index contributed by atoms with van der Waals surface area (Å²) in [6, 6.07) is 2.33. The predicted octanol–water partition coefficient (Wildman–Crippen LogP) is 7.65. The van der Waals surface area contributed by atoms with Crippen molar-refractivity contribution < 1.29 is 48.3 Å². The predicted molar refractivity (Wildman–Crippen MR) is 199 cm³/mol. The van der Waals surface area contributed by atoms with Gasteiger partial charge in [0, 0.05) is 25.1 Å². The number of aromatic hydroxyl groups is 2. The number of fused-ring (bicyclic) bond motifs is 5. The highest BCUT2D eigenvalue weighted by Crippen LogP contribution is 2.67. The summed E-state index contributed by atoms with van der Waals surface area (Å²) in [5, 5.41) is 21.7. The standard InChI is InChI=1S/C41H66N2O10/c1-28(2)7-6-8-29(3)33-11-12-34-32-10-9-30-27-31(15-17-40(30,4)35(32)16-18-41(33,34)5)52-38(46)42-19-20-48-21-22-49-23-24-50-25-26-51-39(47)53-43-36(44)13-14-37(43)45/h9,13-14,28-29,31-35,44-45H,6-8,10-12,15-27H2,1-5H3,(H,42,46). The third kappa shape index (κ3) is 10.4. The molecule has 12 heteroatoms. The van der Waals surface area contributed by atoms with Crippen molar-refractivity contribution in [2.45, 2.75) is 111 Å². The Morgan fingerprint density at radius 3 is 2.25 bits per heavy atom. The highest BCUT2D eigenvalue weighted by molar-refractivity contribution is 5.67. The molecule has 0 spiro atoms. The minimum absolute atomic E-state index is 0.0716. The van der Waals surface area contributed by atoms with Gasteiger partial charge in [0.1, 0.15) is 12.7 Å². The molecular weight excluding hydrogens is 680 g/mol. The third-order valence-electron chi connectivity index (χ3n) is 13.2. The van der Waals surface area contributed by atoms with Crippen molar-refractivity contribution in [1.82, 2.24) is 10.0 Å². The van der Waals surface area contributed by atoms with Gasteiger partial charge < -0.3 is 39.2 Å². The molecule has 5 rings (SSSR count). The Kier molecular flexibility index (Phi) is 14.8. The second-order valence-corrected chi connectivity index (χ2v) is 16.9. The number of nitrogens with zero attached hydrogens (tertiary/aromatic N) is 1. The van der Waals surface area contributed by atoms with Gasteiger partial charge in [-0.25, -0.2) is 9.59 Å². The highest BCUT2D eigenvalue weighted by Gasteiger charge is 2.59. The van der Waals surface area contributed by atoms with Gasteiger partial charge in [0.2, 0.25) is 11.8 Å². The Morgan fingerprint density at radius 2 is 1.55 bits per heavy atom. The van der Waals surface area contributed by atoms with Gasteiger partial charge in [-0.15, -0.1) is 4.73 Å². The summed E-state index contributed by atoms with van der Waals surface area (Å²) in [7, 11) is 0. The average molecular weight is 747 g/mol. The zero-order valence-electron chi connectivity index (χ0n) is 32.8. The van der Waals surface area contributed by atoms with Crippen LogP contribution in [0.2, 0.25) is 0 Å². The lowest BCUT2D eigenvalue weighted by molar-refractivity contribution is -0.0581. The van der Waals surface area contributed by atoms with E-state index in [2.05, 4.69) is 50.8 Å². The van der Waals surface area contributed by atoms with E-state index in [1.54, 1.807) is 0 Å². The maximum Gasteiger partial charge on any atom is 0.534 e. The summed E-state index contributed by atoms with van der Waals surface area (Å²) in [4.78, 5) is 28.9. The SMILES string of the molecule is CC(C)CCCC(C)C1CCC2C3CC=C4CC(OC(=O)NCCOCCOCCOCCOC(=O)On5c(O)ccc5O)CCC4(C)C3CCC12C. The lowest BCUT2D eigenvalue weighted by Gasteiger charge is -2.58. The van der Waals surface area contributed by atoms with E-state index >= 15 is 0 Å². The molecule has 3 saturated carbocycles. The molecule has 8 unspecified atom stereocenters. The first-order valence-electron chi connectivity index (χ1n) is 20.2. The molecule has 1 aromatic rings. The number of allylic oxidation sites excluding steroid dienone is 1. The summed E-state index contributed by atoms with van der Waals surface area (Å²) in [5.74, 6) is 4.03. The van der Waals surface area contributed by atoms with Crippen LogP contribution in [0.15, 0.2) is 23.8 Å². The molecule has 1 aromatic heterocycles. The van der Waals surface area contributed by atoms with Gasteiger partial charge in [0.05, 0.1) is 39.6 Å². The lowest BCUT2D eigenvalue weighted by Crippen LogP contribution is -2.51. The van der Waals surface area contributed by atoms with Crippen LogP contribution in [0.4, 0.5) is 9.59 Å². The number of amides is 1. The molecule has 53 heavy (non-hydrogen) atoms.